The summed E-state index contributed by atoms with van der Waals surface area (Å²) in [7, 11) is 0. The summed E-state index contributed by atoms with van der Waals surface area (Å²) in [6.45, 7) is 0. The first-order chi connectivity index (χ1) is 28.7. The summed E-state index contributed by atoms with van der Waals surface area (Å²) in [6, 6.07) is 4.81. The van der Waals surface area contributed by atoms with Crippen molar-refractivity contribution in [2.75, 3.05) is 9.80 Å². The van der Waals surface area contributed by atoms with Crippen LogP contribution in [0.5, 0.6) is 0 Å². The molecule has 0 spiro atoms. The molecule has 62 heavy (non-hydrogen) atoms. The lowest BCUT2D eigenvalue weighted by atomic mass is 9.92. The Morgan fingerprint density at radius 1 is 0.419 bits per heavy atom. The molecule has 5 aromatic rings. The van der Waals surface area contributed by atoms with Crippen LogP contribution in [0.3, 0.4) is 0 Å². The van der Waals surface area contributed by atoms with Crippen LogP contribution in [0.15, 0.2) is 91.0 Å². The quantitative estimate of drug-likeness (QED) is 0.119. The number of allylic oxidation sites excluding steroid dienone is 2. The highest BCUT2D eigenvalue weighted by molar-refractivity contribution is 5.83. The van der Waals surface area contributed by atoms with Crippen LogP contribution in [-0.4, -0.2) is 6.04 Å². The summed E-state index contributed by atoms with van der Waals surface area (Å²) in [6.07, 6.45) is -19.3. The molecule has 5 aromatic carbocycles. The molecule has 0 amide bonds. The van der Waals surface area contributed by atoms with E-state index in [0.29, 0.717) is 12.1 Å². The maximum absolute atomic E-state index is 15.4. The van der Waals surface area contributed by atoms with E-state index in [9.17, 15) is 70.2 Å². The van der Waals surface area contributed by atoms with Gasteiger partial charge in [0.1, 0.15) is 22.5 Å². The molecule has 0 heterocycles. The maximum Gasteiger partial charge on any atom is 0.422 e. The van der Waals surface area contributed by atoms with Crippen LogP contribution in [-0.2, 0) is 24.7 Å². The summed E-state index contributed by atoms with van der Waals surface area (Å²) in [4.78, 5) is 0.131. The molecule has 0 bridgehead atoms. The Morgan fingerprint density at radius 2 is 0.839 bits per heavy atom. The Balaban J connectivity index is 1.61. The minimum atomic E-state index is -6.03. The monoisotopic (exact) mass is 906 g/mol. The number of hydrogen-bond donors (Lipinski definition) is 0. The molecule has 0 saturated heterocycles. The van der Waals surface area contributed by atoms with Gasteiger partial charge in [-0.15, -0.1) is 0 Å². The third kappa shape index (κ3) is 8.13. The van der Waals surface area contributed by atoms with Crippen molar-refractivity contribution in [3.63, 3.8) is 0 Å². The molecule has 1 unspecified atom stereocenters. The second kappa shape index (κ2) is 15.9. The largest absolute Gasteiger partial charge is 0.422 e. The van der Waals surface area contributed by atoms with Crippen molar-refractivity contribution >= 4 is 28.4 Å². The lowest BCUT2D eigenvalue weighted by Gasteiger charge is -2.34. The van der Waals surface area contributed by atoms with E-state index in [-0.39, 0.29) is 34.1 Å². The van der Waals surface area contributed by atoms with E-state index in [1.165, 1.54) is 18.2 Å². The standard InChI is InChI=1S/C40H18F20N2/c41-27-25(39(55,56)57)28(42)32(46)35(31(27)45)61(17-7-3-1-4-8-17)19-11-13-21(23(15-19)37(49,50)51)22-14-12-20(16-24(22)38(52,53)54)62(18-9-5-2-6-10-18)36-33(47)29(43)26(40(58,59)60)30(44)34(36)48/h1-9,11-16,18H,10H2. The van der Waals surface area contributed by atoms with E-state index in [1.807, 2.05) is 0 Å². The normalized spacial score (nSPS) is 14.7. The second-order valence-corrected chi connectivity index (χ2v) is 13.1. The van der Waals surface area contributed by atoms with Crippen LogP contribution < -0.4 is 9.80 Å². The summed E-state index contributed by atoms with van der Waals surface area (Å²) < 4.78 is 291. The number of benzene rings is 5. The van der Waals surface area contributed by atoms with Crippen molar-refractivity contribution < 1.29 is 87.8 Å². The van der Waals surface area contributed by atoms with Gasteiger partial charge in [0.05, 0.1) is 17.2 Å². The van der Waals surface area contributed by atoms with Gasteiger partial charge in [-0.1, -0.05) is 54.6 Å². The lowest BCUT2D eigenvalue weighted by Crippen LogP contribution is -2.33. The van der Waals surface area contributed by atoms with Gasteiger partial charge in [0.15, 0.2) is 46.5 Å². The smallest absolute Gasteiger partial charge is 0.329 e. The SMILES string of the molecule is Fc1c(F)c(C(F)(F)F)c(F)c(F)c1N(c1ccccc1)c1ccc(-c2ccc(N(c3c(F)c(F)c(C(F)(F)F)c(F)c3F)C3C=CC=CC3)cc2C(F)(F)F)c(C(F)(F)F)c1. The molecule has 0 fully saturated rings. The molecule has 2 nitrogen and oxygen atoms in total. The summed E-state index contributed by atoms with van der Waals surface area (Å²) in [5.41, 5.74) is -19.9. The molecule has 0 aromatic heterocycles. The van der Waals surface area contributed by atoms with Crippen molar-refractivity contribution in [2.24, 2.45) is 0 Å². The molecular weight excluding hydrogens is 888 g/mol. The zero-order valence-corrected chi connectivity index (χ0v) is 29.9. The summed E-state index contributed by atoms with van der Waals surface area (Å²) >= 11 is 0. The molecule has 1 aliphatic carbocycles. The Bertz CT molecular complexity index is 2550. The van der Waals surface area contributed by atoms with Gasteiger partial charge in [-0.2, -0.15) is 52.7 Å². The van der Waals surface area contributed by atoms with Gasteiger partial charge in [-0.3, -0.25) is 0 Å². The van der Waals surface area contributed by atoms with Gasteiger partial charge in [0.25, 0.3) is 0 Å². The number of nitrogens with zero attached hydrogens (tertiary/aromatic N) is 2. The van der Waals surface area contributed by atoms with Gasteiger partial charge in [0, 0.05) is 17.1 Å². The van der Waals surface area contributed by atoms with E-state index >= 15 is 17.6 Å². The first-order valence-corrected chi connectivity index (χ1v) is 16.9. The first-order valence-electron chi connectivity index (χ1n) is 16.9. The van der Waals surface area contributed by atoms with E-state index < -0.39 is 146 Å². The predicted octanol–water partition coefficient (Wildman–Crippen LogP) is 15.0. The topological polar surface area (TPSA) is 6.48 Å². The Morgan fingerprint density at radius 3 is 1.24 bits per heavy atom. The molecular formula is C40H18F20N2. The molecule has 1 atom stereocenters. The van der Waals surface area contributed by atoms with E-state index in [1.54, 1.807) is 0 Å². The first kappa shape index (κ1) is 45.3. The van der Waals surface area contributed by atoms with E-state index in [0.717, 1.165) is 36.4 Å². The van der Waals surface area contributed by atoms with Crippen LogP contribution in [0.4, 0.5) is 116 Å². The Labute approximate surface area is 334 Å². The molecule has 0 N–H and O–H groups in total. The van der Waals surface area contributed by atoms with Gasteiger partial charge in [-0.05, 0) is 53.9 Å². The Hall–Kier alpha value is -6.22. The van der Waals surface area contributed by atoms with Crippen molar-refractivity contribution in [1.29, 1.82) is 0 Å². The average Bonchev–Trinajstić information content (AvgIpc) is 3.18. The number of anilines is 5. The number of hydrogen-bond acceptors (Lipinski definition) is 2. The molecule has 0 radical (unpaired) electrons. The van der Waals surface area contributed by atoms with E-state index in [4.69, 9.17) is 0 Å². The third-order valence-corrected chi connectivity index (χ3v) is 9.26. The van der Waals surface area contributed by atoms with Crippen molar-refractivity contribution in [1.82, 2.24) is 0 Å². The van der Waals surface area contributed by atoms with Crippen LogP contribution in [0, 0.1) is 46.5 Å². The molecule has 22 heteroatoms. The fourth-order valence-corrected chi connectivity index (χ4v) is 6.67. The molecule has 328 valence electrons. The van der Waals surface area contributed by atoms with Crippen molar-refractivity contribution in [3.8, 4) is 11.1 Å². The number of halogens is 20. The zero-order valence-electron chi connectivity index (χ0n) is 29.9. The lowest BCUT2D eigenvalue weighted by molar-refractivity contribution is -0.144. The zero-order chi connectivity index (χ0) is 46.0. The van der Waals surface area contributed by atoms with Gasteiger partial charge in [0.2, 0.25) is 0 Å². The second-order valence-electron chi connectivity index (χ2n) is 13.1. The average molecular weight is 907 g/mol. The minimum absolute atomic E-state index is 0.000797. The highest BCUT2D eigenvalue weighted by Crippen LogP contribution is 2.50. The minimum Gasteiger partial charge on any atom is -0.329 e. The number of alkyl halides is 12. The van der Waals surface area contributed by atoms with Gasteiger partial charge >= 0.3 is 24.7 Å². The van der Waals surface area contributed by atoms with Gasteiger partial charge in [-0.25, -0.2) is 35.1 Å². The third-order valence-electron chi connectivity index (χ3n) is 9.26. The van der Waals surface area contributed by atoms with Crippen molar-refractivity contribution in [3.05, 3.63) is 160 Å². The summed E-state index contributed by atoms with van der Waals surface area (Å²) in [5, 5.41) is 0. The molecule has 0 aliphatic heterocycles. The molecule has 0 saturated carbocycles. The van der Waals surface area contributed by atoms with Gasteiger partial charge < -0.3 is 9.80 Å². The van der Waals surface area contributed by atoms with Crippen LogP contribution in [0.2, 0.25) is 0 Å². The number of rotatable bonds is 7. The van der Waals surface area contributed by atoms with Crippen LogP contribution in [0.1, 0.15) is 28.7 Å². The predicted molar refractivity (Wildman–Crippen MR) is 181 cm³/mol. The Kier molecular flexibility index (Phi) is 11.6. The van der Waals surface area contributed by atoms with Crippen LogP contribution in [0.25, 0.3) is 11.1 Å². The highest BCUT2D eigenvalue weighted by Gasteiger charge is 2.46. The summed E-state index contributed by atoms with van der Waals surface area (Å²) in [5.74, 6) is -22.9. The molecule has 1 aliphatic rings. The van der Waals surface area contributed by atoms with Crippen LogP contribution >= 0.6 is 0 Å². The van der Waals surface area contributed by atoms with E-state index in [2.05, 4.69) is 0 Å². The fraction of sp³-hybridized carbons (Fsp3) is 0.150. The maximum atomic E-state index is 15.4. The van der Waals surface area contributed by atoms with Crippen molar-refractivity contribution in [2.45, 2.75) is 37.2 Å². The number of para-hydroxylation sites is 1. The fourth-order valence-electron chi connectivity index (χ4n) is 6.67. The highest BCUT2D eigenvalue weighted by atomic mass is 19.4. The molecule has 6 rings (SSSR count).